The fraction of sp³-hybridized carbons (Fsp3) is 0.667. The Morgan fingerprint density at radius 3 is 2.57 bits per heavy atom. The lowest BCUT2D eigenvalue weighted by atomic mass is 10.2. The highest BCUT2D eigenvalue weighted by Crippen LogP contribution is 2.17. The maximum Gasteiger partial charge on any atom is 0.137 e. The summed E-state index contributed by atoms with van der Waals surface area (Å²) in [7, 11) is 0. The van der Waals surface area contributed by atoms with Crippen molar-refractivity contribution in [2.45, 2.75) is 38.8 Å². The minimum atomic E-state index is -0.437. The summed E-state index contributed by atoms with van der Waals surface area (Å²) in [6.07, 6.45) is 2.22. The molecule has 1 heterocycles. The zero-order valence-corrected chi connectivity index (χ0v) is 14.5. The second-order valence-corrected chi connectivity index (χ2v) is 6.23. The number of likely N-dealkylation sites (N-methyl/N-ethyl adjacent to an activating group) is 1. The Morgan fingerprint density at radius 2 is 1.91 bits per heavy atom. The van der Waals surface area contributed by atoms with E-state index < -0.39 is 6.10 Å². The number of ether oxygens (including phenoxy) is 2. The molecular weight excluding hydrogens is 292 g/mol. The molecule has 3 atom stereocenters. The van der Waals surface area contributed by atoms with Gasteiger partial charge < -0.3 is 24.8 Å². The van der Waals surface area contributed by atoms with E-state index in [4.69, 9.17) is 9.47 Å². The number of quaternary nitrogens is 2. The molecule has 0 spiro atoms. The highest BCUT2D eigenvalue weighted by molar-refractivity contribution is 5.31. The molecule has 1 aromatic rings. The van der Waals surface area contributed by atoms with Crippen molar-refractivity contribution in [1.82, 2.24) is 0 Å². The summed E-state index contributed by atoms with van der Waals surface area (Å²) in [5.41, 5.74) is 0. The van der Waals surface area contributed by atoms with Gasteiger partial charge in [0.2, 0.25) is 0 Å². The lowest BCUT2D eigenvalue weighted by molar-refractivity contribution is -0.924. The molecule has 4 N–H and O–H groups in total. The minimum absolute atomic E-state index is 0.333. The largest absolute Gasteiger partial charge is 0.494 e. The predicted octanol–water partition coefficient (Wildman–Crippen LogP) is -0.544. The molecule has 5 heteroatoms. The second-order valence-electron chi connectivity index (χ2n) is 6.23. The maximum atomic E-state index is 10.1. The van der Waals surface area contributed by atoms with Crippen LogP contribution in [0.25, 0.3) is 0 Å². The Labute approximate surface area is 139 Å². The van der Waals surface area contributed by atoms with Crippen LogP contribution in [0.3, 0.4) is 0 Å². The Kier molecular flexibility index (Phi) is 7.65. The van der Waals surface area contributed by atoms with Gasteiger partial charge in [-0.15, -0.1) is 0 Å². The average Bonchev–Trinajstić information content (AvgIpc) is 3.02. The molecule has 5 nitrogen and oxygen atoms in total. The molecule has 0 radical (unpaired) electrons. The van der Waals surface area contributed by atoms with Crippen molar-refractivity contribution in [3.8, 4) is 11.5 Å². The van der Waals surface area contributed by atoms with Crippen molar-refractivity contribution in [2.75, 3.05) is 39.4 Å². The fourth-order valence-electron chi connectivity index (χ4n) is 3.28. The van der Waals surface area contributed by atoms with Gasteiger partial charge in [-0.3, -0.25) is 0 Å². The van der Waals surface area contributed by atoms with E-state index in [-0.39, 0.29) is 0 Å². The second kappa shape index (κ2) is 9.75. The van der Waals surface area contributed by atoms with Crippen molar-refractivity contribution in [3.05, 3.63) is 24.3 Å². The molecule has 130 valence electrons. The summed E-state index contributed by atoms with van der Waals surface area (Å²) in [4.78, 5) is 1.71. The molecule has 1 aliphatic heterocycles. The first-order valence-electron chi connectivity index (χ1n) is 8.92. The summed E-state index contributed by atoms with van der Waals surface area (Å²) >= 11 is 0. The van der Waals surface area contributed by atoms with E-state index in [1.54, 1.807) is 4.90 Å². The molecular formula is C18H32N2O3+2. The molecule has 0 aliphatic carbocycles. The van der Waals surface area contributed by atoms with Crippen molar-refractivity contribution in [1.29, 1.82) is 0 Å². The third-order valence-corrected chi connectivity index (χ3v) is 4.55. The van der Waals surface area contributed by atoms with Crippen molar-refractivity contribution in [3.63, 3.8) is 0 Å². The highest BCUT2D eigenvalue weighted by atomic mass is 16.5. The van der Waals surface area contributed by atoms with Crippen LogP contribution < -0.4 is 19.7 Å². The SMILES string of the molecule is CCOc1ccc(OC[C@@H](O)C[NH2+]C[C@@H]2CCC[NH+]2CC)cc1. The van der Waals surface area contributed by atoms with Crippen molar-refractivity contribution >= 4 is 0 Å². The molecule has 2 rings (SSSR count). The Bertz CT molecular complexity index is 438. The monoisotopic (exact) mass is 324 g/mol. The first-order chi connectivity index (χ1) is 11.2. The van der Waals surface area contributed by atoms with Gasteiger partial charge in [0.25, 0.3) is 0 Å². The van der Waals surface area contributed by atoms with Crippen LogP contribution in [-0.2, 0) is 0 Å². The number of hydrogen-bond donors (Lipinski definition) is 3. The number of benzene rings is 1. The van der Waals surface area contributed by atoms with Crippen LogP contribution in [0.4, 0.5) is 0 Å². The normalized spacial score (nSPS) is 22.0. The first kappa shape index (κ1) is 18.0. The summed E-state index contributed by atoms with van der Waals surface area (Å²) < 4.78 is 11.0. The lowest BCUT2D eigenvalue weighted by Gasteiger charge is -2.19. The third kappa shape index (κ3) is 6.01. The van der Waals surface area contributed by atoms with E-state index in [0.717, 1.165) is 24.1 Å². The molecule has 0 amide bonds. The predicted molar refractivity (Wildman–Crippen MR) is 90.2 cm³/mol. The Morgan fingerprint density at radius 1 is 1.22 bits per heavy atom. The van der Waals surface area contributed by atoms with E-state index in [9.17, 15) is 5.11 Å². The molecule has 1 saturated heterocycles. The molecule has 1 aromatic carbocycles. The molecule has 0 saturated carbocycles. The Balaban J connectivity index is 1.62. The van der Waals surface area contributed by atoms with Gasteiger partial charge in [-0.25, -0.2) is 0 Å². The third-order valence-electron chi connectivity index (χ3n) is 4.55. The van der Waals surface area contributed by atoms with Crippen LogP contribution in [0.2, 0.25) is 0 Å². The van der Waals surface area contributed by atoms with Crippen LogP contribution in [0.5, 0.6) is 11.5 Å². The number of nitrogens with one attached hydrogen (secondary N) is 1. The van der Waals surface area contributed by atoms with Gasteiger partial charge in [-0.2, -0.15) is 0 Å². The number of aliphatic hydroxyl groups is 1. The maximum absolute atomic E-state index is 10.1. The van der Waals surface area contributed by atoms with Gasteiger partial charge in [0.1, 0.15) is 43.3 Å². The van der Waals surface area contributed by atoms with Gasteiger partial charge in [0.15, 0.2) is 0 Å². The summed E-state index contributed by atoms with van der Waals surface area (Å²) in [5.74, 6) is 1.61. The van der Waals surface area contributed by atoms with E-state index in [2.05, 4.69) is 12.2 Å². The zero-order chi connectivity index (χ0) is 16.5. The van der Waals surface area contributed by atoms with Gasteiger partial charge in [-0.05, 0) is 38.1 Å². The number of aliphatic hydroxyl groups excluding tert-OH is 1. The van der Waals surface area contributed by atoms with Crippen LogP contribution in [0.15, 0.2) is 24.3 Å². The molecule has 1 aliphatic rings. The molecule has 1 fully saturated rings. The van der Waals surface area contributed by atoms with E-state index in [1.807, 2.05) is 31.2 Å². The highest BCUT2D eigenvalue weighted by Gasteiger charge is 2.28. The Hall–Kier alpha value is -1.30. The van der Waals surface area contributed by atoms with Crippen LogP contribution in [0, 0.1) is 0 Å². The van der Waals surface area contributed by atoms with Crippen molar-refractivity contribution < 1.29 is 24.8 Å². The zero-order valence-electron chi connectivity index (χ0n) is 14.5. The number of likely N-dealkylation sites (tertiary alicyclic amines) is 1. The molecule has 23 heavy (non-hydrogen) atoms. The lowest BCUT2D eigenvalue weighted by Crippen LogP contribution is -3.16. The number of nitrogens with two attached hydrogens (primary N) is 1. The first-order valence-corrected chi connectivity index (χ1v) is 8.92. The van der Waals surface area contributed by atoms with E-state index >= 15 is 0 Å². The molecule has 0 aromatic heterocycles. The number of hydrogen-bond acceptors (Lipinski definition) is 3. The standard InChI is InChI=1S/C18H30N2O3/c1-3-20-11-5-6-15(20)12-19-13-16(21)14-23-18-9-7-17(8-10-18)22-4-2/h7-10,15-16,19,21H,3-6,11-14H2,1-2H3/p+2/t15-,16-/m0/s1. The van der Waals surface area contributed by atoms with Gasteiger partial charge in [0, 0.05) is 12.8 Å². The minimum Gasteiger partial charge on any atom is -0.494 e. The quantitative estimate of drug-likeness (QED) is 0.542. The summed E-state index contributed by atoms with van der Waals surface area (Å²) in [5, 5.41) is 12.3. The van der Waals surface area contributed by atoms with Gasteiger partial charge >= 0.3 is 0 Å². The van der Waals surface area contributed by atoms with Gasteiger partial charge in [-0.1, -0.05) is 0 Å². The topological polar surface area (TPSA) is 59.7 Å². The number of rotatable bonds is 10. The van der Waals surface area contributed by atoms with Crippen LogP contribution in [-0.4, -0.2) is 56.6 Å². The molecule has 0 bridgehead atoms. The van der Waals surface area contributed by atoms with E-state index in [0.29, 0.717) is 19.8 Å². The van der Waals surface area contributed by atoms with Crippen molar-refractivity contribution in [2.24, 2.45) is 0 Å². The summed E-state index contributed by atoms with van der Waals surface area (Å²) in [6.45, 7) is 9.53. The molecule has 1 unspecified atom stereocenters. The summed E-state index contributed by atoms with van der Waals surface area (Å²) in [6, 6.07) is 8.28. The fourth-order valence-corrected chi connectivity index (χ4v) is 3.28. The van der Waals surface area contributed by atoms with Crippen LogP contribution >= 0.6 is 0 Å². The smallest absolute Gasteiger partial charge is 0.137 e. The van der Waals surface area contributed by atoms with Gasteiger partial charge in [0.05, 0.1) is 19.7 Å². The van der Waals surface area contributed by atoms with E-state index in [1.165, 1.54) is 25.9 Å². The van der Waals surface area contributed by atoms with Crippen LogP contribution in [0.1, 0.15) is 26.7 Å². The average molecular weight is 324 g/mol.